The first-order valence-electron chi connectivity index (χ1n) is 4.79. The van der Waals surface area contributed by atoms with Crippen molar-refractivity contribution < 1.29 is 4.52 Å². The first kappa shape index (κ1) is 8.75. The van der Waals surface area contributed by atoms with Gasteiger partial charge in [0.25, 0.3) is 0 Å². The van der Waals surface area contributed by atoms with E-state index in [1.54, 1.807) is 0 Å². The quantitative estimate of drug-likeness (QED) is 0.715. The van der Waals surface area contributed by atoms with Crippen molar-refractivity contribution in [1.29, 1.82) is 0 Å². The molecule has 0 spiro atoms. The molecule has 1 aliphatic carbocycles. The van der Waals surface area contributed by atoms with Gasteiger partial charge >= 0.3 is 0 Å². The molecule has 0 amide bonds. The minimum atomic E-state index is 0.371. The van der Waals surface area contributed by atoms with Crippen molar-refractivity contribution in [3.8, 4) is 0 Å². The van der Waals surface area contributed by atoms with Crippen LogP contribution in [0, 0.1) is 5.41 Å². The highest BCUT2D eigenvalue weighted by Crippen LogP contribution is 2.35. The SMILES string of the molecule is CC1(C)CCc2c(noc2CN)C1. The third-order valence-electron chi connectivity index (χ3n) is 2.83. The molecule has 3 heteroatoms. The molecule has 72 valence electrons. The first-order valence-corrected chi connectivity index (χ1v) is 4.79. The lowest BCUT2D eigenvalue weighted by Gasteiger charge is -2.27. The number of nitrogens with zero attached hydrogens (tertiary/aromatic N) is 1. The Morgan fingerprint density at radius 2 is 2.31 bits per heavy atom. The third-order valence-corrected chi connectivity index (χ3v) is 2.83. The molecule has 3 nitrogen and oxygen atoms in total. The summed E-state index contributed by atoms with van der Waals surface area (Å²) in [6, 6.07) is 0. The van der Waals surface area contributed by atoms with E-state index in [1.165, 1.54) is 12.0 Å². The van der Waals surface area contributed by atoms with Crippen LogP contribution in [0.25, 0.3) is 0 Å². The molecule has 2 rings (SSSR count). The molecule has 1 heterocycles. The van der Waals surface area contributed by atoms with Crippen LogP contribution in [-0.2, 0) is 19.4 Å². The normalized spacial score (nSPS) is 19.9. The molecule has 0 fully saturated rings. The molecule has 0 atom stereocenters. The summed E-state index contributed by atoms with van der Waals surface area (Å²) in [6.07, 6.45) is 3.29. The molecular formula is C10H16N2O. The highest BCUT2D eigenvalue weighted by molar-refractivity contribution is 5.26. The molecule has 2 N–H and O–H groups in total. The molecule has 0 unspecified atom stereocenters. The van der Waals surface area contributed by atoms with E-state index in [0.29, 0.717) is 12.0 Å². The van der Waals surface area contributed by atoms with E-state index in [0.717, 1.165) is 24.3 Å². The van der Waals surface area contributed by atoms with E-state index in [9.17, 15) is 0 Å². The second kappa shape index (κ2) is 2.84. The predicted molar refractivity (Wildman–Crippen MR) is 50.2 cm³/mol. The van der Waals surface area contributed by atoms with Crippen molar-refractivity contribution in [2.24, 2.45) is 11.1 Å². The molecule has 0 aliphatic heterocycles. The Morgan fingerprint density at radius 1 is 1.54 bits per heavy atom. The summed E-state index contributed by atoms with van der Waals surface area (Å²) in [4.78, 5) is 0. The molecule has 0 bridgehead atoms. The van der Waals surface area contributed by atoms with Gasteiger partial charge in [0.05, 0.1) is 12.2 Å². The number of aromatic nitrogens is 1. The Labute approximate surface area is 78.3 Å². The first-order chi connectivity index (χ1) is 6.12. The lowest BCUT2D eigenvalue weighted by atomic mass is 9.76. The van der Waals surface area contributed by atoms with E-state index < -0.39 is 0 Å². The number of hydrogen-bond donors (Lipinski definition) is 1. The van der Waals surface area contributed by atoms with E-state index >= 15 is 0 Å². The van der Waals surface area contributed by atoms with Crippen molar-refractivity contribution in [2.75, 3.05) is 0 Å². The Balaban J connectivity index is 2.33. The van der Waals surface area contributed by atoms with Gasteiger partial charge in [0.15, 0.2) is 5.76 Å². The minimum absolute atomic E-state index is 0.371. The number of nitrogens with two attached hydrogens (primary N) is 1. The van der Waals surface area contributed by atoms with Gasteiger partial charge in [-0.25, -0.2) is 0 Å². The average Bonchev–Trinajstić information content (AvgIpc) is 2.44. The van der Waals surface area contributed by atoms with Gasteiger partial charge < -0.3 is 10.3 Å². The van der Waals surface area contributed by atoms with Crippen LogP contribution in [0.4, 0.5) is 0 Å². The monoisotopic (exact) mass is 180 g/mol. The van der Waals surface area contributed by atoms with Crippen LogP contribution >= 0.6 is 0 Å². The minimum Gasteiger partial charge on any atom is -0.359 e. The maximum Gasteiger partial charge on any atom is 0.153 e. The fourth-order valence-electron chi connectivity index (χ4n) is 1.97. The van der Waals surface area contributed by atoms with Crippen LogP contribution in [0.5, 0.6) is 0 Å². The standard InChI is InChI=1S/C10H16N2O/c1-10(2)4-3-7-8(5-10)12-13-9(7)6-11/h3-6,11H2,1-2H3. The largest absolute Gasteiger partial charge is 0.359 e. The van der Waals surface area contributed by atoms with Crippen LogP contribution in [0.1, 0.15) is 37.3 Å². The predicted octanol–water partition coefficient (Wildman–Crippen LogP) is 1.65. The molecule has 1 aromatic rings. The summed E-state index contributed by atoms with van der Waals surface area (Å²) < 4.78 is 5.19. The van der Waals surface area contributed by atoms with Crippen LogP contribution < -0.4 is 5.73 Å². The zero-order valence-corrected chi connectivity index (χ0v) is 8.26. The number of fused-ring (bicyclic) bond motifs is 1. The van der Waals surface area contributed by atoms with Crippen molar-refractivity contribution in [3.05, 3.63) is 17.0 Å². The van der Waals surface area contributed by atoms with Crippen LogP contribution in [0.2, 0.25) is 0 Å². The maximum absolute atomic E-state index is 5.55. The van der Waals surface area contributed by atoms with E-state index in [1.807, 2.05) is 0 Å². The molecule has 0 radical (unpaired) electrons. The van der Waals surface area contributed by atoms with E-state index in [4.69, 9.17) is 10.3 Å². The van der Waals surface area contributed by atoms with Crippen molar-refractivity contribution in [3.63, 3.8) is 0 Å². The Morgan fingerprint density at radius 3 is 3.00 bits per heavy atom. The third kappa shape index (κ3) is 1.48. The van der Waals surface area contributed by atoms with E-state index in [-0.39, 0.29) is 0 Å². The van der Waals surface area contributed by atoms with Crippen LogP contribution in [0.3, 0.4) is 0 Å². The Hall–Kier alpha value is -0.830. The smallest absolute Gasteiger partial charge is 0.153 e. The van der Waals surface area contributed by atoms with Gasteiger partial charge in [-0.15, -0.1) is 0 Å². The summed E-state index contributed by atoms with van der Waals surface area (Å²) in [5, 5.41) is 4.07. The lowest BCUT2D eigenvalue weighted by Crippen LogP contribution is -2.22. The zero-order valence-electron chi connectivity index (χ0n) is 8.26. The van der Waals surface area contributed by atoms with Gasteiger partial charge in [0.2, 0.25) is 0 Å². The summed E-state index contributed by atoms with van der Waals surface area (Å²) >= 11 is 0. The summed E-state index contributed by atoms with van der Waals surface area (Å²) in [6.45, 7) is 5.02. The Bertz CT molecular complexity index is 315. The van der Waals surface area contributed by atoms with Crippen molar-refractivity contribution in [2.45, 2.75) is 39.7 Å². The topological polar surface area (TPSA) is 52.0 Å². The molecule has 0 aromatic carbocycles. The Kier molecular flexibility index (Phi) is 1.91. The van der Waals surface area contributed by atoms with Gasteiger partial charge in [-0.2, -0.15) is 0 Å². The van der Waals surface area contributed by atoms with Crippen molar-refractivity contribution >= 4 is 0 Å². The van der Waals surface area contributed by atoms with Gasteiger partial charge in [-0.3, -0.25) is 0 Å². The van der Waals surface area contributed by atoms with Gasteiger partial charge in [0.1, 0.15) is 0 Å². The van der Waals surface area contributed by atoms with Crippen LogP contribution in [-0.4, -0.2) is 5.16 Å². The zero-order chi connectivity index (χ0) is 9.47. The fourth-order valence-corrected chi connectivity index (χ4v) is 1.97. The fraction of sp³-hybridized carbons (Fsp3) is 0.700. The number of hydrogen-bond acceptors (Lipinski definition) is 3. The summed E-state index contributed by atoms with van der Waals surface area (Å²) in [5.74, 6) is 0.880. The second-order valence-corrected chi connectivity index (χ2v) is 4.58. The number of rotatable bonds is 1. The molecule has 1 aliphatic rings. The molecular weight excluding hydrogens is 164 g/mol. The maximum atomic E-state index is 5.55. The van der Waals surface area contributed by atoms with Gasteiger partial charge in [-0.1, -0.05) is 19.0 Å². The summed E-state index contributed by atoms with van der Waals surface area (Å²) in [7, 11) is 0. The van der Waals surface area contributed by atoms with Crippen LogP contribution in [0.15, 0.2) is 4.52 Å². The lowest BCUT2D eigenvalue weighted by molar-refractivity contribution is 0.306. The summed E-state index contributed by atoms with van der Waals surface area (Å²) in [5.41, 5.74) is 8.31. The highest BCUT2D eigenvalue weighted by atomic mass is 16.5. The average molecular weight is 180 g/mol. The van der Waals surface area contributed by atoms with E-state index in [2.05, 4.69) is 19.0 Å². The molecule has 0 saturated carbocycles. The second-order valence-electron chi connectivity index (χ2n) is 4.58. The highest BCUT2D eigenvalue weighted by Gasteiger charge is 2.29. The molecule has 0 saturated heterocycles. The molecule has 1 aromatic heterocycles. The van der Waals surface area contributed by atoms with Crippen molar-refractivity contribution in [1.82, 2.24) is 5.16 Å². The molecule has 13 heavy (non-hydrogen) atoms. The van der Waals surface area contributed by atoms with Gasteiger partial charge in [-0.05, 0) is 24.7 Å². The van der Waals surface area contributed by atoms with Gasteiger partial charge in [0, 0.05) is 5.56 Å².